The van der Waals surface area contributed by atoms with E-state index in [1.54, 1.807) is 25.1 Å². The number of aliphatic hydroxyl groups excluding tert-OH is 1. The molecular weight excluding hydrogens is 408 g/mol. The lowest BCUT2D eigenvalue weighted by molar-refractivity contribution is -0.825. The van der Waals surface area contributed by atoms with Gasteiger partial charge < -0.3 is 15.3 Å². The first-order valence-corrected chi connectivity index (χ1v) is 10.6. The summed E-state index contributed by atoms with van der Waals surface area (Å²) in [5.41, 5.74) is 5.83. The van der Waals surface area contributed by atoms with Gasteiger partial charge in [-0.3, -0.25) is 4.79 Å². The number of quaternary nitrogens is 1. The van der Waals surface area contributed by atoms with Crippen LogP contribution in [0.1, 0.15) is 16.1 Å². The van der Waals surface area contributed by atoms with Crippen LogP contribution < -0.4 is 5.73 Å². The number of aryl methyl sites for hydroxylation is 1. The van der Waals surface area contributed by atoms with E-state index in [0.717, 1.165) is 0 Å². The maximum atomic E-state index is 13.3. The number of sulfone groups is 1. The van der Waals surface area contributed by atoms with Gasteiger partial charge in [-0.1, -0.05) is 18.2 Å². The lowest BCUT2D eigenvalue weighted by atomic mass is 10.1. The zero-order valence-electron chi connectivity index (χ0n) is 16.8. The van der Waals surface area contributed by atoms with Crippen LogP contribution in [0.25, 0.3) is 11.0 Å². The predicted molar refractivity (Wildman–Crippen MR) is 109 cm³/mol. The van der Waals surface area contributed by atoms with E-state index in [4.69, 9.17) is 10.2 Å². The van der Waals surface area contributed by atoms with Gasteiger partial charge in [0, 0.05) is 5.39 Å². The summed E-state index contributed by atoms with van der Waals surface area (Å²) in [5, 5.41) is 9.87. The molecule has 8 nitrogen and oxygen atoms in total. The van der Waals surface area contributed by atoms with Gasteiger partial charge >= 0.3 is 5.91 Å². The molecule has 1 heterocycles. The maximum Gasteiger partial charge on any atom is 0.350 e. The number of hydrogen-bond donors (Lipinski definition) is 2. The van der Waals surface area contributed by atoms with E-state index >= 15 is 0 Å². The number of benzene rings is 2. The van der Waals surface area contributed by atoms with Crippen LogP contribution in [0.15, 0.2) is 62.7 Å². The van der Waals surface area contributed by atoms with Crippen molar-refractivity contribution in [1.29, 1.82) is 0 Å². The van der Waals surface area contributed by atoms with E-state index in [0.29, 0.717) is 11.0 Å². The molecule has 0 saturated carbocycles. The lowest BCUT2D eigenvalue weighted by Crippen LogP contribution is -2.60. The summed E-state index contributed by atoms with van der Waals surface area (Å²) in [6, 6.07) is 11.1. The minimum Gasteiger partial charge on any atom is -0.460 e. The van der Waals surface area contributed by atoms with Crippen molar-refractivity contribution in [3.63, 3.8) is 0 Å². The SMILES string of the molecule is Cc1oc2ccc(S(=O)(=O)c3ccccc3)cc2c1C(=O)[N+](C)(C)C(CO)C(N)=O. The third-order valence-electron chi connectivity index (χ3n) is 5.22. The predicted octanol–water partition coefficient (Wildman–Crippen LogP) is 1.64. The molecule has 0 aliphatic carbocycles. The Kier molecular flexibility index (Phi) is 5.55. The topological polar surface area (TPSA) is 128 Å². The molecular formula is C21H23N2O6S+. The van der Waals surface area contributed by atoms with Crippen molar-refractivity contribution >= 4 is 32.6 Å². The fourth-order valence-electron chi connectivity index (χ4n) is 3.41. The number of amides is 2. The van der Waals surface area contributed by atoms with E-state index < -0.39 is 38.8 Å². The van der Waals surface area contributed by atoms with Crippen molar-refractivity contribution in [1.82, 2.24) is 0 Å². The fraction of sp³-hybridized carbons (Fsp3) is 0.238. The molecule has 9 heteroatoms. The summed E-state index contributed by atoms with van der Waals surface area (Å²) < 4.78 is 31.1. The second-order valence-electron chi connectivity index (χ2n) is 7.45. The summed E-state index contributed by atoms with van der Waals surface area (Å²) in [7, 11) is -0.895. The molecule has 2 amide bonds. The van der Waals surface area contributed by atoms with E-state index in [1.165, 1.54) is 44.4 Å². The van der Waals surface area contributed by atoms with Gasteiger partial charge in [0.25, 0.3) is 5.91 Å². The molecule has 1 unspecified atom stereocenters. The number of hydrogen-bond acceptors (Lipinski definition) is 6. The number of likely N-dealkylation sites (N-methyl/N-ethyl adjacent to an activating group) is 1. The molecule has 3 rings (SSSR count). The van der Waals surface area contributed by atoms with E-state index in [-0.39, 0.29) is 21.1 Å². The number of carbonyl (C=O) groups excluding carboxylic acids is 2. The highest BCUT2D eigenvalue weighted by Gasteiger charge is 2.42. The van der Waals surface area contributed by atoms with Crippen LogP contribution >= 0.6 is 0 Å². The summed E-state index contributed by atoms with van der Waals surface area (Å²) in [5.74, 6) is -1.08. The number of nitrogens with two attached hydrogens (primary N) is 1. The van der Waals surface area contributed by atoms with Crippen molar-refractivity contribution in [3.8, 4) is 0 Å². The van der Waals surface area contributed by atoms with Gasteiger partial charge in [-0.25, -0.2) is 17.7 Å². The first-order valence-electron chi connectivity index (χ1n) is 9.13. The second kappa shape index (κ2) is 7.67. The monoisotopic (exact) mass is 431 g/mol. The summed E-state index contributed by atoms with van der Waals surface area (Å²) in [6.07, 6.45) is 0. The molecule has 30 heavy (non-hydrogen) atoms. The Hall–Kier alpha value is -3.01. The summed E-state index contributed by atoms with van der Waals surface area (Å²) in [4.78, 5) is 25.2. The smallest absolute Gasteiger partial charge is 0.350 e. The van der Waals surface area contributed by atoms with Gasteiger partial charge in [0.1, 0.15) is 23.5 Å². The average molecular weight is 431 g/mol. The van der Waals surface area contributed by atoms with Crippen LogP contribution in [0.3, 0.4) is 0 Å². The molecule has 2 aromatic carbocycles. The van der Waals surface area contributed by atoms with E-state index in [1.807, 2.05) is 0 Å². The molecule has 0 fully saturated rings. The third kappa shape index (κ3) is 3.51. The number of rotatable bonds is 6. The Labute approximate surface area is 174 Å². The number of carbonyl (C=O) groups is 2. The van der Waals surface area contributed by atoms with Crippen molar-refractivity contribution in [2.24, 2.45) is 5.73 Å². The first-order chi connectivity index (χ1) is 14.0. The average Bonchev–Trinajstić information content (AvgIpc) is 3.02. The molecule has 0 aliphatic heterocycles. The fourth-order valence-corrected chi connectivity index (χ4v) is 4.72. The molecule has 158 valence electrons. The number of furan rings is 1. The molecule has 0 saturated heterocycles. The van der Waals surface area contributed by atoms with Gasteiger partial charge in [-0.05, 0) is 37.3 Å². The quantitative estimate of drug-likeness (QED) is 0.571. The summed E-state index contributed by atoms with van der Waals surface area (Å²) >= 11 is 0. The van der Waals surface area contributed by atoms with Gasteiger partial charge in [0.15, 0.2) is 6.04 Å². The lowest BCUT2D eigenvalue weighted by Gasteiger charge is -2.32. The Morgan fingerprint density at radius 1 is 1.10 bits per heavy atom. The first kappa shape index (κ1) is 21.7. The summed E-state index contributed by atoms with van der Waals surface area (Å²) in [6.45, 7) is 0.966. The van der Waals surface area contributed by atoms with Gasteiger partial charge in [-0.15, -0.1) is 0 Å². The highest BCUT2D eigenvalue weighted by Crippen LogP contribution is 2.32. The van der Waals surface area contributed by atoms with E-state index in [9.17, 15) is 23.1 Å². The molecule has 1 aromatic heterocycles. The van der Waals surface area contributed by atoms with Crippen LogP contribution in [-0.4, -0.2) is 56.6 Å². The third-order valence-corrected chi connectivity index (χ3v) is 6.98. The normalized spacial score (nSPS) is 13.3. The molecule has 0 bridgehead atoms. The standard InChI is InChI=1S/C21H22N2O6S/c1-13-19(21(26)23(2,3)17(12-24)20(22)25)16-11-15(9-10-18(16)29-13)30(27,28)14-7-5-4-6-8-14/h4-11,17,24H,12H2,1-3H3,(H-,22,25)/p+1. The van der Waals surface area contributed by atoms with Crippen LogP contribution in [0.2, 0.25) is 0 Å². The molecule has 0 radical (unpaired) electrons. The molecule has 3 aromatic rings. The van der Waals surface area contributed by atoms with Gasteiger partial charge in [0.05, 0.1) is 23.9 Å². The van der Waals surface area contributed by atoms with Crippen LogP contribution in [0.5, 0.6) is 0 Å². The van der Waals surface area contributed by atoms with Crippen molar-refractivity contribution in [2.45, 2.75) is 22.8 Å². The zero-order valence-corrected chi connectivity index (χ0v) is 17.6. The highest BCUT2D eigenvalue weighted by atomic mass is 32.2. The van der Waals surface area contributed by atoms with Crippen LogP contribution in [0, 0.1) is 6.92 Å². The number of primary amides is 1. The van der Waals surface area contributed by atoms with Gasteiger partial charge in [0.2, 0.25) is 9.84 Å². The number of aliphatic hydroxyl groups is 1. The van der Waals surface area contributed by atoms with Crippen molar-refractivity contribution in [3.05, 3.63) is 59.9 Å². The minimum absolute atomic E-state index is 0.00923. The van der Waals surface area contributed by atoms with E-state index in [2.05, 4.69) is 0 Å². The Balaban J connectivity index is 2.18. The zero-order chi connectivity index (χ0) is 22.3. The Bertz CT molecular complexity index is 1230. The molecule has 0 aliphatic rings. The second-order valence-corrected chi connectivity index (χ2v) is 9.40. The van der Waals surface area contributed by atoms with Gasteiger partial charge in [-0.2, -0.15) is 0 Å². The number of nitrogens with zero attached hydrogens (tertiary/aromatic N) is 1. The van der Waals surface area contributed by atoms with Crippen molar-refractivity contribution < 1.29 is 32.0 Å². The molecule has 3 N–H and O–H groups in total. The highest BCUT2D eigenvalue weighted by molar-refractivity contribution is 7.91. The number of fused-ring (bicyclic) bond motifs is 1. The molecule has 0 spiro atoms. The Morgan fingerprint density at radius 2 is 1.73 bits per heavy atom. The van der Waals surface area contributed by atoms with Crippen LogP contribution in [-0.2, 0) is 14.6 Å². The Morgan fingerprint density at radius 3 is 2.30 bits per heavy atom. The largest absolute Gasteiger partial charge is 0.460 e. The minimum atomic E-state index is -3.81. The van der Waals surface area contributed by atoms with Crippen molar-refractivity contribution in [2.75, 3.05) is 20.7 Å². The maximum absolute atomic E-state index is 13.3. The molecule has 1 atom stereocenters. The van der Waals surface area contributed by atoms with Crippen LogP contribution in [0.4, 0.5) is 0 Å².